The number of rotatable bonds is 10. The van der Waals surface area contributed by atoms with Crippen molar-refractivity contribution in [1.82, 2.24) is 15.5 Å². The molecule has 0 saturated carbocycles. The molecule has 1 aromatic carbocycles. The number of hydrogen-bond acceptors (Lipinski definition) is 4. The van der Waals surface area contributed by atoms with Crippen LogP contribution >= 0.6 is 24.0 Å². The summed E-state index contributed by atoms with van der Waals surface area (Å²) < 4.78 is 10.6. The normalized spacial score (nSPS) is 17.4. The van der Waals surface area contributed by atoms with Crippen molar-refractivity contribution in [2.45, 2.75) is 39.3 Å². The summed E-state index contributed by atoms with van der Waals surface area (Å²) in [7, 11) is 1.67. The smallest absolute Gasteiger partial charge is 0.191 e. The number of likely N-dealkylation sites (tertiary alicyclic amines) is 1. The van der Waals surface area contributed by atoms with Crippen molar-refractivity contribution in [3.63, 3.8) is 0 Å². The number of methoxy groups -OCH3 is 1. The summed E-state index contributed by atoms with van der Waals surface area (Å²) in [6, 6.07) is 8.71. The molecule has 0 amide bonds. The number of nitrogens with zero attached hydrogens (tertiary/aromatic N) is 2. The molecule has 1 unspecified atom stereocenters. The fourth-order valence-corrected chi connectivity index (χ4v) is 3.20. The van der Waals surface area contributed by atoms with Crippen molar-refractivity contribution in [1.29, 1.82) is 0 Å². The first kappa shape index (κ1) is 24.0. The second-order valence-electron chi connectivity index (χ2n) is 6.49. The van der Waals surface area contributed by atoms with Gasteiger partial charge in [-0.3, -0.25) is 4.90 Å². The molecule has 2 N–H and O–H groups in total. The third-order valence-electron chi connectivity index (χ3n) is 4.65. The van der Waals surface area contributed by atoms with Crippen LogP contribution in [0.25, 0.3) is 0 Å². The summed E-state index contributed by atoms with van der Waals surface area (Å²) >= 11 is 0. The van der Waals surface area contributed by atoms with Gasteiger partial charge in [-0.1, -0.05) is 19.1 Å². The summed E-state index contributed by atoms with van der Waals surface area (Å²) in [6.45, 7) is 10.3. The maximum absolute atomic E-state index is 5.59. The highest BCUT2D eigenvalue weighted by Gasteiger charge is 2.22. The van der Waals surface area contributed by atoms with E-state index in [1.807, 2.05) is 12.1 Å². The van der Waals surface area contributed by atoms with Gasteiger partial charge >= 0.3 is 0 Å². The zero-order valence-corrected chi connectivity index (χ0v) is 19.2. The second-order valence-corrected chi connectivity index (χ2v) is 6.49. The van der Waals surface area contributed by atoms with Gasteiger partial charge in [0.1, 0.15) is 12.4 Å². The van der Waals surface area contributed by atoms with E-state index in [-0.39, 0.29) is 24.0 Å². The number of nitrogens with one attached hydrogen (secondary N) is 2. The summed E-state index contributed by atoms with van der Waals surface area (Å²) in [6.07, 6.45) is 2.57. The molecule has 1 saturated heterocycles. The lowest BCUT2D eigenvalue weighted by molar-refractivity contribution is 0.146. The highest BCUT2D eigenvalue weighted by atomic mass is 127. The van der Waals surface area contributed by atoms with Crippen molar-refractivity contribution in [2.24, 2.45) is 4.99 Å². The highest BCUT2D eigenvalue weighted by Crippen LogP contribution is 2.15. The minimum Gasteiger partial charge on any atom is -0.491 e. The Morgan fingerprint density at radius 3 is 2.63 bits per heavy atom. The third kappa shape index (κ3) is 8.66. The fourth-order valence-electron chi connectivity index (χ4n) is 3.20. The van der Waals surface area contributed by atoms with Gasteiger partial charge in [0.2, 0.25) is 0 Å². The lowest BCUT2D eigenvalue weighted by Crippen LogP contribution is -2.44. The molecule has 0 aromatic heterocycles. The van der Waals surface area contributed by atoms with Gasteiger partial charge in [-0.25, -0.2) is 4.99 Å². The summed E-state index contributed by atoms with van der Waals surface area (Å²) in [5, 5.41) is 6.84. The third-order valence-corrected chi connectivity index (χ3v) is 4.65. The lowest BCUT2D eigenvalue weighted by atomic mass is 10.2. The van der Waals surface area contributed by atoms with E-state index in [4.69, 9.17) is 14.5 Å². The van der Waals surface area contributed by atoms with Crippen LogP contribution in [-0.4, -0.2) is 63.4 Å². The van der Waals surface area contributed by atoms with Gasteiger partial charge in [-0.05, 0) is 50.6 Å². The molecule has 1 aliphatic rings. The molecule has 27 heavy (non-hydrogen) atoms. The average molecular weight is 490 g/mol. The van der Waals surface area contributed by atoms with Gasteiger partial charge < -0.3 is 20.1 Å². The highest BCUT2D eigenvalue weighted by molar-refractivity contribution is 14.0. The van der Waals surface area contributed by atoms with Crippen LogP contribution in [0.2, 0.25) is 0 Å². The Labute approximate surface area is 181 Å². The van der Waals surface area contributed by atoms with E-state index < -0.39 is 0 Å². The first-order valence-corrected chi connectivity index (χ1v) is 9.73. The molecule has 1 heterocycles. The Balaban J connectivity index is 0.00000364. The first-order valence-electron chi connectivity index (χ1n) is 9.73. The standard InChI is InChI=1S/C20H34N4O2.HI/c1-4-21-20(23-16-18-7-6-12-24(18)5-2)22-15-17-8-10-19(11-9-17)26-14-13-25-3;/h8-11,18H,4-7,12-16H2,1-3H3,(H2,21,22,23);1H. The van der Waals surface area contributed by atoms with E-state index in [2.05, 4.69) is 41.5 Å². The Morgan fingerprint density at radius 1 is 1.19 bits per heavy atom. The van der Waals surface area contributed by atoms with Crippen LogP contribution in [0.1, 0.15) is 32.3 Å². The lowest BCUT2D eigenvalue weighted by Gasteiger charge is -2.24. The van der Waals surface area contributed by atoms with Crippen LogP contribution in [0.4, 0.5) is 0 Å². The van der Waals surface area contributed by atoms with Crippen molar-refractivity contribution in [3.8, 4) is 5.75 Å². The number of aliphatic imine (C=N–C) groups is 1. The molecule has 0 aliphatic carbocycles. The molecule has 2 rings (SSSR count). The van der Waals surface area contributed by atoms with E-state index in [0.717, 1.165) is 36.9 Å². The number of halogens is 1. The minimum absolute atomic E-state index is 0. The van der Waals surface area contributed by atoms with E-state index in [9.17, 15) is 0 Å². The van der Waals surface area contributed by atoms with Gasteiger partial charge in [0.15, 0.2) is 5.96 Å². The van der Waals surface area contributed by atoms with Crippen molar-refractivity contribution >= 4 is 29.9 Å². The molecule has 7 heteroatoms. The molecule has 1 atom stereocenters. The molecular formula is C20H35IN4O2. The van der Waals surface area contributed by atoms with E-state index >= 15 is 0 Å². The summed E-state index contributed by atoms with van der Waals surface area (Å²) in [4.78, 5) is 7.26. The molecule has 1 aromatic rings. The van der Waals surface area contributed by atoms with Crippen LogP contribution in [0.15, 0.2) is 29.3 Å². The Kier molecular flexibility index (Phi) is 12.4. The molecule has 0 spiro atoms. The molecule has 0 radical (unpaired) electrons. The van der Waals surface area contributed by atoms with Gasteiger partial charge in [-0.15, -0.1) is 24.0 Å². The monoisotopic (exact) mass is 490 g/mol. The molecule has 6 nitrogen and oxygen atoms in total. The molecular weight excluding hydrogens is 455 g/mol. The quantitative estimate of drug-likeness (QED) is 0.229. The molecule has 0 bridgehead atoms. The van der Waals surface area contributed by atoms with Crippen LogP contribution in [0, 0.1) is 0 Å². The number of likely N-dealkylation sites (N-methyl/N-ethyl adjacent to an activating group) is 1. The van der Waals surface area contributed by atoms with Crippen LogP contribution < -0.4 is 15.4 Å². The van der Waals surface area contributed by atoms with Gasteiger partial charge in [0, 0.05) is 26.2 Å². The Morgan fingerprint density at radius 2 is 1.96 bits per heavy atom. The van der Waals surface area contributed by atoms with E-state index in [1.165, 1.54) is 19.4 Å². The largest absolute Gasteiger partial charge is 0.491 e. The fraction of sp³-hybridized carbons (Fsp3) is 0.650. The molecule has 1 fully saturated rings. The summed E-state index contributed by atoms with van der Waals surface area (Å²) in [5.74, 6) is 1.75. The number of benzene rings is 1. The number of guanidine groups is 1. The van der Waals surface area contributed by atoms with Crippen molar-refractivity contribution in [3.05, 3.63) is 29.8 Å². The van der Waals surface area contributed by atoms with E-state index in [1.54, 1.807) is 7.11 Å². The zero-order valence-electron chi connectivity index (χ0n) is 16.9. The van der Waals surface area contributed by atoms with Crippen molar-refractivity contribution in [2.75, 3.05) is 46.5 Å². The van der Waals surface area contributed by atoms with Crippen LogP contribution in [0.5, 0.6) is 5.75 Å². The predicted octanol–water partition coefficient (Wildman–Crippen LogP) is 2.87. The Bertz CT molecular complexity index is 539. The van der Waals surface area contributed by atoms with Crippen LogP contribution in [-0.2, 0) is 11.3 Å². The first-order chi connectivity index (χ1) is 12.8. The Hall–Kier alpha value is -1.06. The zero-order chi connectivity index (χ0) is 18.6. The average Bonchev–Trinajstić information content (AvgIpc) is 3.13. The van der Waals surface area contributed by atoms with E-state index in [0.29, 0.717) is 25.8 Å². The summed E-state index contributed by atoms with van der Waals surface area (Å²) in [5.41, 5.74) is 1.16. The van der Waals surface area contributed by atoms with Crippen molar-refractivity contribution < 1.29 is 9.47 Å². The number of hydrogen-bond donors (Lipinski definition) is 2. The SMILES string of the molecule is CCNC(=NCc1ccc(OCCOC)cc1)NCC1CCCN1CC.I. The van der Waals surface area contributed by atoms with Gasteiger partial charge in [0.05, 0.1) is 13.2 Å². The second kappa shape index (κ2) is 14.0. The topological polar surface area (TPSA) is 58.1 Å². The molecule has 1 aliphatic heterocycles. The minimum atomic E-state index is 0. The number of ether oxygens (including phenoxy) is 2. The maximum Gasteiger partial charge on any atom is 0.191 e. The predicted molar refractivity (Wildman–Crippen MR) is 122 cm³/mol. The molecule has 154 valence electrons. The van der Waals surface area contributed by atoms with Gasteiger partial charge in [-0.2, -0.15) is 0 Å². The van der Waals surface area contributed by atoms with Crippen LogP contribution in [0.3, 0.4) is 0 Å². The van der Waals surface area contributed by atoms with Gasteiger partial charge in [0.25, 0.3) is 0 Å². The maximum atomic E-state index is 5.59.